The van der Waals surface area contributed by atoms with Gasteiger partial charge in [0.05, 0.1) is 6.33 Å². The Morgan fingerprint density at radius 2 is 1.89 bits per heavy atom. The van der Waals surface area contributed by atoms with E-state index < -0.39 is 0 Å². The van der Waals surface area contributed by atoms with E-state index in [2.05, 4.69) is 60.3 Å². The summed E-state index contributed by atoms with van der Waals surface area (Å²) < 4.78 is 8.65. The Morgan fingerprint density at radius 3 is 2.71 bits per heavy atom. The largest absolute Gasteiger partial charge is 0.371 e. The van der Waals surface area contributed by atoms with Crippen LogP contribution in [-0.4, -0.2) is 47.3 Å². The van der Waals surface area contributed by atoms with Gasteiger partial charge in [-0.15, -0.1) is 0 Å². The number of imidazole rings is 1. The maximum atomic E-state index is 12.8. The first-order chi connectivity index (χ1) is 17.2. The number of piperidine rings is 1. The molecule has 0 radical (unpaired) electrons. The van der Waals surface area contributed by atoms with Crippen molar-refractivity contribution in [3.05, 3.63) is 83.5 Å². The number of pyridine rings is 1. The van der Waals surface area contributed by atoms with Crippen molar-refractivity contribution in [1.29, 1.82) is 0 Å². The minimum Gasteiger partial charge on any atom is -0.371 e. The van der Waals surface area contributed by atoms with Gasteiger partial charge in [0.1, 0.15) is 12.9 Å². The van der Waals surface area contributed by atoms with Gasteiger partial charge in [-0.05, 0) is 35.6 Å². The van der Waals surface area contributed by atoms with Crippen LogP contribution in [0.2, 0.25) is 0 Å². The van der Waals surface area contributed by atoms with E-state index in [4.69, 9.17) is 4.52 Å². The van der Waals surface area contributed by atoms with Crippen LogP contribution >= 0.6 is 0 Å². The molecule has 35 heavy (non-hydrogen) atoms. The molecule has 1 aromatic carbocycles. The van der Waals surface area contributed by atoms with Gasteiger partial charge >= 0.3 is 0 Å². The molecule has 174 valence electrons. The molecule has 0 bridgehead atoms. The molecular formula is C25H22N8O2. The van der Waals surface area contributed by atoms with E-state index in [0.29, 0.717) is 34.8 Å². The van der Waals surface area contributed by atoms with Gasteiger partial charge in [-0.2, -0.15) is 4.98 Å². The lowest BCUT2D eigenvalue weighted by molar-refractivity contribution is 0.363. The molecule has 0 N–H and O–H groups in total. The van der Waals surface area contributed by atoms with Crippen LogP contribution in [0.3, 0.4) is 0 Å². The van der Waals surface area contributed by atoms with Crippen molar-refractivity contribution in [3.8, 4) is 11.1 Å². The molecule has 2 fully saturated rings. The first-order valence-electron chi connectivity index (χ1n) is 11.6. The van der Waals surface area contributed by atoms with Gasteiger partial charge in [-0.1, -0.05) is 23.4 Å². The average molecular weight is 467 g/mol. The lowest BCUT2D eigenvalue weighted by atomic mass is 10.1. The van der Waals surface area contributed by atoms with Gasteiger partial charge < -0.3 is 14.0 Å². The molecule has 0 amide bonds. The van der Waals surface area contributed by atoms with Crippen LogP contribution in [0.15, 0.2) is 70.8 Å². The predicted molar refractivity (Wildman–Crippen MR) is 128 cm³/mol. The normalized spacial score (nSPS) is 20.9. The number of benzene rings is 1. The van der Waals surface area contributed by atoms with Crippen LogP contribution in [0.25, 0.3) is 22.3 Å². The van der Waals surface area contributed by atoms with Crippen molar-refractivity contribution >= 4 is 16.9 Å². The second-order valence-corrected chi connectivity index (χ2v) is 9.30. The highest BCUT2D eigenvalue weighted by atomic mass is 16.5. The SMILES string of the molecule is Cn1cnc2ncn(Cc3nc(C4C5CN(c6cccc(-c7cccnc7)c6)CC54)no3)c(=O)c21. The second kappa shape index (κ2) is 7.59. The Hall–Kier alpha value is -4.34. The van der Waals surface area contributed by atoms with Gasteiger partial charge in [0.25, 0.3) is 5.56 Å². The lowest BCUT2D eigenvalue weighted by Gasteiger charge is -2.22. The van der Waals surface area contributed by atoms with Crippen molar-refractivity contribution in [3.63, 3.8) is 0 Å². The van der Waals surface area contributed by atoms with E-state index in [1.807, 2.05) is 12.3 Å². The minimum atomic E-state index is -0.179. The highest BCUT2D eigenvalue weighted by Crippen LogP contribution is 2.58. The van der Waals surface area contributed by atoms with Gasteiger partial charge in [0, 0.05) is 49.7 Å². The topological polar surface area (TPSA) is 108 Å². The maximum Gasteiger partial charge on any atom is 0.280 e. The maximum absolute atomic E-state index is 12.8. The summed E-state index contributed by atoms with van der Waals surface area (Å²) in [6.45, 7) is 2.13. The molecule has 2 aliphatic rings. The summed E-state index contributed by atoms with van der Waals surface area (Å²) in [5.74, 6) is 2.48. The van der Waals surface area contributed by atoms with Crippen molar-refractivity contribution < 1.29 is 4.52 Å². The Bertz CT molecular complexity index is 1590. The molecule has 4 aromatic heterocycles. The van der Waals surface area contributed by atoms with Gasteiger partial charge in [0.15, 0.2) is 17.0 Å². The molecule has 2 atom stereocenters. The zero-order valence-electron chi connectivity index (χ0n) is 19.0. The zero-order chi connectivity index (χ0) is 23.5. The molecule has 2 unspecified atom stereocenters. The molecule has 1 aliphatic heterocycles. The summed E-state index contributed by atoms with van der Waals surface area (Å²) in [4.78, 5) is 32.4. The highest BCUT2D eigenvalue weighted by molar-refractivity contribution is 5.69. The summed E-state index contributed by atoms with van der Waals surface area (Å²) in [5, 5.41) is 4.24. The third-order valence-electron chi connectivity index (χ3n) is 7.19. The molecule has 7 rings (SSSR count). The number of rotatable bonds is 5. The zero-order valence-corrected chi connectivity index (χ0v) is 19.0. The smallest absolute Gasteiger partial charge is 0.280 e. The summed E-state index contributed by atoms with van der Waals surface area (Å²) >= 11 is 0. The van der Waals surface area contributed by atoms with Crippen molar-refractivity contribution in [2.75, 3.05) is 18.0 Å². The number of aryl methyl sites for hydroxylation is 1. The van der Waals surface area contributed by atoms with E-state index in [0.717, 1.165) is 24.5 Å². The Balaban J connectivity index is 1.05. The second-order valence-electron chi connectivity index (χ2n) is 9.30. The Kier molecular flexibility index (Phi) is 4.35. The highest BCUT2D eigenvalue weighted by Gasteiger charge is 2.58. The van der Waals surface area contributed by atoms with Crippen LogP contribution in [0.1, 0.15) is 17.6 Å². The fourth-order valence-electron chi connectivity index (χ4n) is 5.33. The van der Waals surface area contributed by atoms with E-state index in [9.17, 15) is 4.79 Å². The third kappa shape index (κ3) is 3.32. The van der Waals surface area contributed by atoms with E-state index >= 15 is 0 Å². The Morgan fingerprint density at radius 1 is 1.06 bits per heavy atom. The number of hydrogen-bond acceptors (Lipinski definition) is 8. The first kappa shape index (κ1) is 20.1. The van der Waals surface area contributed by atoms with E-state index in [-0.39, 0.29) is 12.1 Å². The van der Waals surface area contributed by atoms with Gasteiger partial charge in [-0.3, -0.25) is 14.3 Å². The number of hydrogen-bond donors (Lipinski definition) is 0. The van der Waals surface area contributed by atoms with Crippen molar-refractivity contribution in [2.24, 2.45) is 18.9 Å². The average Bonchev–Trinajstić information content (AvgIpc) is 3.30. The van der Waals surface area contributed by atoms with Gasteiger partial charge in [0.2, 0.25) is 5.89 Å². The summed E-state index contributed by atoms with van der Waals surface area (Å²) in [6, 6.07) is 12.7. The molecule has 1 saturated heterocycles. The van der Waals surface area contributed by atoms with Crippen LogP contribution in [0.5, 0.6) is 0 Å². The fraction of sp³-hybridized carbons (Fsp3) is 0.280. The fourth-order valence-corrected chi connectivity index (χ4v) is 5.33. The minimum absolute atomic E-state index is 0.179. The third-order valence-corrected chi connectivity index (χ3v) is 7.19. The van der Waals surface area contributed by atoms with Gasteiger partial charge in [-0.25, -0.2) is 9.97 Å². The molecule has 0 spiro atoms. The van der Waals surface area contributed by atoms with Crippen LogP contribution in [-0.2, 0) is 13.6 Å². The number of anilines is 1. The number of aromatic nitrogens is 7. The molecule has 1 aliphatic carbocycles. The molecular weight excluding hydrogens is 444 g/mol. The van der Waals surface area contributed by atoms with Crippen molar-refractivity contribution in [2.45, 2.75) is 12.5 Å². The van der Waals surface area contributed by atoms with Crippen LogP contribution in [0, 0.1) is 11.8 Å². The quantitative estimate of drug-likeness (QED) is 0.389. The monoisotopic (exact) mass is 466 g/mol. The molecule has 1 saturated carbocycles. The number of nitrogens with zero attached hydrogens (tertiary/aromatic N) is 8. The first-order valence-corrected chi connectivity index (χ1v) is 11.6. The molecule has 10 nitrogen and oxygen atoms in total. The van der Waals surface area contributed by atoms with Crippen LogP contribution in [0.4, 0.5) is 5.69 Å². The summed E-state index contributed by atoms with van der Waals surface area (Å²) in [6.07, 6.45) is 6.74. The van der Waals surface area contributed by atoms with Crippen LogP contribution < -0.4 is 10.5 Å². The number of fused-ring (bicyclic) bond motifs is 2. The summed E-state index contributed by atoms with van der Waals surface area (Å²) in [5.41, 5.74) is 4.22. The standard InChI is InChI=1S/C25H22N8O2/c1-31-13-27-24-22(31)25(34)33(14-28-24)12-20-29-23(30-35-20)21-18-10-32(11-19(18)21)17-6-2-4-15(8-17)16-5-3-7-26-9-16/h2-9,13-14,18-19,21H,10-12H2,1H3. The molecule has 5 aromatic rings. The molecule has 10 heteroatoms. The predicted octanol–water partition coefficient (Wildman–Crippen LogP) is 2.47. The van der Waals surface area contributed by atoms with E-state index in [1.165, 1.54) is 22.1 Å². The summed E-state index contributed by atoms with van der Waals surface area (Å²) in [7, 11) is 1.78. The lowest BCUT2D eigenvalue weighted by Crippen LogP contribution is -2.24. The van der Waals surface area contributed by atoms with E-state index in [1.54, 1.807) is 24.1 Å². The Labute approximate surface area is 199 Å². The molecule has 5 heterocycles. The van der Waals surface area contributed by atoms with Crippen molar-refractivity contribution in [1.82, 2.24) is 34.2 Å².